The van der Waals surface area contributed by atoms with Crippen LogP contribution in [0.2, 0.25) is 0 Å². The van der Waals surface area contributed by atoms with E-state index >= 15 is 0 Å². The van der Waals surface area contributed by atoms with E-state index in [9.17, 15) is 0 Å². The summed E-state index contributed by atoms with van der Waals surface area (Å²) in [5.74, 6) is 3.11. The van der Waals surface area contributed by atoms with Crippen molar-refractivity contribution in [2.45, 2.75) is 0 Å². The monoisotopic (exact) mass is 102 g/mol. The first-order chi connectivity index (χ1) is 2.91. The third-order valence-corrected chi connectivity index (χ3v) is 0.830. The SMILES string of the molecule is C#CCSCO. The van der Waals surface area contributed by atoms with Crippen molar-refractivity contribution in [2.75, 3.05) is 11.7 Å². The van der Waals surface area contributed by atoms with Gasteiger partial charge >= 0.3 is 0 Å². The molecule has 0 amide bonds. The van der Waals surface area contributed by atoms with E-state index in [1.165, 1.54) is 11.8 Å². The number of thioether (sulfide) groups is 1. The molecular formula is C4H6OS. The molecule has 0 aromatic carbocycles. The van der Waals surface area contributed by atoms with Crippen LogP contribution < -0.4 is 0 Å². The number of aliphatic hydroxyl groups excluding tert-OH is 1. The molecule has 0 bridgehead atoms. The lowest BCUT2D eigenvalue weighted by Gasteiger charge is -1.80. The fourth-order valence-electron chi connectivity index (χ4n) is 0.105. The molecule has 0 aliphatic rings. The van der Waals surface area contributed by atoms with Crippen LogP contribution in [0, 0.1) is 12.3 Å². The molecule has 0 unspecified atom stereocenters. The summed E-state index contributed by atoms with van der Waals surface area (Å²) in [5.41, 5.74) is 0. The fraction of sp³-hybridized carbons (Fsp3) is 0.500. The first kappa shape index (κ1) is 5.87. The lowest BCUT2D eigenvalue weighted by molar-refractivity contribution is 0.375. The zero-order chi connectivity index (χ0) is 4.83. The van der Waals surface area contributed by atoms with Crippen LogP contribution in [0.25, 0.3) is 0 Å². The normalized spacial score (nSPS) is 7.33. The summed E-state index contributed by atoms with van der Waals surface area (Å²) >= 11 is 1.33. The Morgan fingerprint density at radius 2 is 2.50 bits per heavy atom. The predicted molar refractivity (Wildman–Crippen MR) is 28.4 cm³/mol. The Balaban J connectivity index is 2.54. The molecule has 1 nitrogen and oxygen atoms in total. The van der Waals surface area contributed by atoms with Crippen LogP contribution in [-0.2, 0) is 0 Å². The van der Waals surface area contributed by atoms with Crippen molar-refractivity contribution in [1.29, 1.82) is 0 Å². The maximum Gasteiger partial charge on any atom is 0.0895 e. The van der Waals surface area contributed by atoms with E-state index in [0.29, 0.717) is 5.75 Å². The first-order valence-corrected chi connectivity index (χ1v) is 2.69. The van der Waals surface area contributed by atoms with Gasteiger partial charge in [0.2, 0.25) is 0 Å². The molecule has 0 saturated heterocycles. The largest absolute Gasteiger partial charge is 0.386 e. The first-order valence-electron chi connectivity index (χ1n) is 1.54. The molecule has 0 aromatic heterocycles. The second-order valence-corrected chi connectivity index (χ2v) is 1.64. The van der Waals surface area contributed by atoms with Gasteiger partial charge in [0.15, 0.2) is 0 Å². The van der Waals surface area contributed by atoms with Gasteiger partial charge in [0.25, 0.3) is 0 Å². The highest BCUT2D eigenvalue weighted by atomic mass is 32.2. The maximum atomic E-state index is 8.06. The van der Waals surface area contributed by atoms with Crippen LogP contribution in [0.4, 0.5) is 0 Å². The molecule has 0 spiro atoms. The molecule has 1 N–H and O–H groups in total. The fourth-order valence-corrected chi connectivity index (χ4v) is 0.314. The van der Waals surface area contributed by atoms with E-state index in [1.54, 1.807) is 0 Å². The summed E-state index contributed by atoms with van der Waals surface area (Å²) in [6, 6.07) is 0. The van der Waals surface area contributed by atoms with Crippen molar-refractivity contribution in [2.24, 2.45) is 0 Å². The minimum Gasteiger partial charge on any atom is -0.386 e. The average molecular weight is 102 g/mol. The van der Waals surface area contributed by atoms with Crippen LogP contribution in [0.1, 0.15) is 0 Å². The Morgan fingerprint density at radius 1 is 1.83 bits per heavy atom. The van der Waals surface area contributed by atoms with Crippen molar-refractivity contribution in [1.82, 2.24) is 0 Å². The molecule has 2 heteroatoms. The van der Waals surface area contributed by atoms with Gasteiger partial charge in [-0.25, -0.2) is 0 Å². The molecule has 0 saturated carbocycles. The third kappa shape index (κ3) is 3.87. The second kappa shape index (κ2) is 4.87. The number of rotatable bonds is 2. The minimum atomic E-state index is 0.129. The van der Waals surface area contributed by atoms with E-state index in [-0.39, 0.29) is 5.94 Å². The maximum absolute atomic E-state index is 8.06. The highest BCUT2D eigenvalue weighted by Crippen LogP contribution is 1.91. The molecule has 0 rings (SSSR count). The minimum absolute atomic E-state index is 0.129. The van der Waals surface area contributed by atoms with E-state index in [0.717, 1.165) is 0 Å². The quantitative estimate of drug-likeness (QED) is 0.307. The smallest absolute Gasteiger partial charge is 0.0895 e. The summed E-state index contributed by atoms with van der Waals surface area (Å²) in [7, 11) is 0. The van der Waals surface area contributed by atoms with Gasteiger partial charge in [-0.3, -0.25) is 0 Å². The van der Waals surface area contributed by atoms with Gasteiger partial charge in [-0.2, -0.15) is 0 Å². The molecular weight excluding hydrogens is 96.1 g/mol. The molecule has 0 atom stereocenters. The Bertz CT molecular complexity index is 55.1. The zero-order valence-corrected chi connectivity index (χ0v) is 4.16. The molecule has 34 valence electrons. The van der Waals surface area contributed by atoms with Gasteiger partial charge in [0.05, 0.1) is 11.7 Å². The van der Waals surface area contributed by atoms with Gasteiger partial charge < -0.3 is 5.11 Å². The number of terminal acetylenes is 1. The van der Waals surface area contributed by atoms with E-state index in [1.807, 2.05) is 0 Å². The molecule has 0 aliphatic carbocycles. The summed E-state index contributed by atoms with van der Waals surface area (Å²) < 4.78 is 0. The van der Waals surface area contributed by atoms with Crippen LogP contribution >= 0.6 is 11.8 Å². The van der Waals surface area contributed by atoms with Crippen LogP contribution in [-0.4, -0.2) is 16.8 Å². The lowest BCUT2D eigenvalue weighted by Crippen LogP contribution is -1.72. The van der Waals surface area contributed by atoms with Crippen molar-refractivity contribution in [3.63, 3.8) is 0 Å². The molecule has 0 heterocycles. The van der Waals surface area contributed by atoms with E-state index in [4.69, 9.17) is 11.5 Å². The topological polar surface area (TPSA) is 20.2 Å². The Hall–Kier alpha value is -0.130. The standard InChI is InChI=1S/C4H6OS/c1-2-3-6-4-5/h1,5H,3-4H2. The number of hydrogen-bond donors (Lipinski definition) is 1. The Kier molecular flexibility index (Phi) is 4.76. The van der Waals surface area contributed by atoms with Crippen LogP contribution in [0.3, 0.4) is 0 Å². The number of aliphatic hydroxyl groups is 1. The molecule has 0 fully saturated rings. The van der Waals surface area contributed by atoms with Crippen LogP contribution in [0.5, 0.6) is 0 Å². The van der Waals surface area contributed by atoms with Gasteiger partial charge in [-0.1, -0.05) is 5.92 Å². The van der Waals surface area contributed by atoms with Gasteiger partial charge in [-0.05, 0) is 0 Å². The highest BCUT2D eigenvalue weighted by molar-refractivity contribution is 7.99. The predicted octanol–water partition coefficient (Wildman–Crippen LogP) is 0.303. The molecule has 0 aliphatic heterocycles. The summed E-state index contributed by atoms with van der Waals surface area (Å²) in [6.07, 6.45) is 4.83. The number of hydrogen-bond acceptors (Lipinski definition) is 2. The van der Waals surface area contributed by atoms with Crippen molar-refractivity contribution >= 4 is 11.8 Å². The molecule has 0 radical (unpaired) electrons. The summed E-state index contributed by atoms with van der Waals surface area (Å²) in [4.78, 5) is 0. The lowest BCUT2D eigenvalue weighted by atomic mass is 10.8. The van der Waals surface area contributed by atoms with Crippen LogP contribution in [0.15, 0.2) is 0 Å². The second-order valence-electron chi connectivity index (χ2n) is 0.682. The Morgan fingerprint density at radius 3 is 2.67 bits per heavy atom. The summed E-state index contributed by atoms with van der Waals surface area (Å²) in [6.45, 7) is 0. The highest BCUT2D eigenvalue weighted by Gasteiger charge is 1.71. The zero-order valence-electron chi connectivity index (χ0n) is 3.35. The summed E-state index contributed by atoms with van der Waals surface area (Å²) in [5, 5.41) is 8.06. The van der Waals surface area contributed by atoms with Gasteiger partial charge in [-0.15, -0.1) is 18.2 Å². The van der Waals surface area contributed by atoms with Gasteiger partial charge in [0.1, 0.15) is 0 Å². The van der Waals surface area contributed by atoms with Gasteiger partial charge in [0, 0.05) is 0 Å². The molecule has 6 heavy (non-hydrogen) atoms. The third-order valence-electron chi connectivity index (χ3n) is 0.277. The Labute approximate surface area is 41.8 Å². The van der Waals surface area contributed by atoms with Crippen molar-refractivity contribution < 1.29 is 5.11 Å². The van der Waals surface area contributed by atoms with Crippen molar-refractivity contribution in [3.05, 3.63) is 0 Å². The van der Waals surface area contributed by atoms with E-state index in [2.05, 4.69) is 5.92 Å². The van der Waals surface area contributed by atoms with Crippen molar-refractivity contribution in [3.8, 4) is 12.3 Å². The van der Waals surface area contributed by atoms with E-state index < -0.39 is 0 Å². The average Bonchev–Trinajstić information content (AvgIpc) is 1.61. The molecule has 0 aromatic rings.